The topological polar surface area (TPSA) is 60.4 Å². The van der Waals surface area contributed by atoms with E-state index in [2.05, 4.69) is 48.1 Å². The largest absolute Gasteiger partial charge is 0.462 e. The molecule has 0 aromatic heterocycles. The first-order valence-electron chi connectivity index (χ1n) is 17.6. The minimum atomic E-state index is -0.376. The van der Waals surface area contributed by atoms with Crippen molar-refractivity contribution in [2.75, 3.05) is 0 Å². The van der Waals surface area contributed by atoms with E-state index in [9.17, 15) is 14.4 Å². The Bertz CT molecular complexity index is 1180. The summed E-state index contributed by atoms with van der Waals surface area (Å²) in [5, 5.41) is 0. The smallest absolute Gasteiger partial charge is 0.306 e. The van der Waals surface area contributed by atoms with Crippen molar-refractivity contribution >= 4 is 17.5 Å². The van der Waals surface area contributed by atoms with Crippen LogP contribution >= 0.6 is 0 Å². The molecule has 0 N–H and O–H groups in total. The number of fused-ring (bicyclic) bond motifs is 7. The van der Waals surface area contributed by atoms with Crippen molar-refractivity contribution in [2.24, 2.45) is 62.1 Å². The minimum Gasteiger partial charge on any atom is -0.462 e. The molecule has 242 valence electrons. The first-order valence-corrected chi connectivity index (χ1v) is 17.6. The third kappa shape index (κ3) is 4.84. The normalized spacial score (nSPS) is 45.2. The molecular formula is C39H62O4. The molecule has 5 aliphatic rings. The predicted octanol–water partition coefficient (Wildman–Crippen LogP) is 9.54. The molecule has 0 heterocycles. The summed E-state index contributed by atoms with van der Waals surface area (Å²) in [6, 6.07) is 0. The van der Waals surface area contributed by atoms with Crippen molar-refractivity contribution in [1.82, 2.24) is 0 Å². The molecule has 4 heteroatoms. The zero-order valence-electron chi connectivity index (χ0n) is 29.3. The molecule has 10 atom stereocenters. The SMILES string of the molecule is C=C(C)[C@@H]1CC[C@]2(C(C)=O)CC[C@]3(C)[C@H](CC[C@@H]4[C@@]5(C)CC[C@H](OC(=O)CC(C)(C)CC(C)=O)C(C)(C)[C@@H]5CC[C@]43C)[C@@H]12. The number of carbonyl (C=O) groups is 3. The highest BCUT2D eigenvalue weighted by Crippen LogP contribution is 2.77. The maximum Gasteiger partial charge on any atom is 0.306 e. The van der Waals surface area contributed by atoms with E-state index in [0.717, 1.165) is 32.1 Å². The molecule has 0 amide bonds. The van der Waals surface area contributed by atoms with Gasteiger partial charge in [-0.25, -0.2) is 0 Å². The summed E-state index contributed by atoms with van der Waals surface area (Å²) in [7, 11) is 0. The van der Waals surface area contributed by atoms with Gasteiger partial charge in [0, 0.05) is 17.3 Å². The second-order valence-electron chi connectivity index (χ2n) is 18.5. The number of ketones is 2. The number of carbonyl (C=O) groups excluding carboxylic acids is 3. The highest BCUT2D eigenvalue weighted by atomic mass is 16.5. The number of Topliss-reactive ketones (excluding diaryl/α,β-unsaturated/α-hetero) is 2. The Hall–Kier alpha value is -1.45. The molecule has 0 aliphatic heterocycles. The van der Waals surface area contributed by atoms with Crippen LogP contribution in [0.15, 0.2) is 12.2 Å². The van der Waals surface area contributed by atoms with Crippen LogP contribution in [0.25, 0.3) is 0 Å². The average molecular weight is 595 g/mol. The Morgan fingerprint density at radius 3 is 2.05 bits per heavy atom. The third-order valence-electron chi connectivity index (χ3n) is 15.3. The minimum absolute atomic E-state index is 0.0804. The molecule has 0 radical (unpaired) electrons. The standard InChI is InChI=1S/C39H62O4/c1-24(2)27-14-19-39(26(4)41)21-20-37(10)28(33(27)39)12-13-30-36(9)17-16-31(35(7,8)29(36)15-18-38(30,37)11)43-32(42)23-34(5,6)22-25(3)40/h27-31,33H,1,12-23H2,2-11H3/t27-,28+,29-,30+,31-,33+,36-,37+,38+,39+/m0/s1. The molecule has 0 bridgehead atoms. The summed E-state index contributed by atoms with van der Waals surface area (Å²) in [5.74, 6) is 3.05. The number of esters is 1. The molecular weight excluding hydrogens is 532 g/mol. The maximum atomic E-state index is 13.4. The average Bonchev–Trinajstić information content (AvgIpc) is 3.26. The van der Waals surface area contributed by atoms with Gasteiger partial charge in [0.05, 0.1) is 6.42 Å². The summed E-state index contributed by atoms with van der Waals surface area (Å²) in [4.78, 5) is 38.3. The van der Waals surface area contributed by atoms with Crippen LogP contribution in [0.4, 0.5) is 0 Å². The highest BCUT2D eigenvalue weighted by Gasteiger charge is 2.71. The van der Waals surface area contributed by atoms with Crippen molar-refractivity contribution in [2.45, 2.75) is 152 Å². The Kier molecular flexibility index (Phi) is 8.08. The fourth-order valence-corrected chi connectivity index (χ4v) is 13.3. The Labute approximate surface area is 262 Å². The van der Waals surface area contributed by atoms with E-state index in [0.29, 0.717) is 41.8 Å². The zero-order valence-corrected chi connectivity index (χ0v) is 29.3. The summed E-state index contributed by atoms with van der Waals surface area (Å²) in [6.45, 7) is 26.7. The fraction of sp³-hybridized carbons (Fsp3) is 0.872. The number of ether oxygens (including phenoxy) is 1. The monoisotopic (exact) mass is 594 g/mol. The first-order chi connectivity index (χ1) is 19.7. The molecule has 0 unspecified atom stereocenters. The van der Waals surface area contributed by atoms with Crippen molar-refractivity contribution in [3.63, 3.8) is 0 Å². The molecule has 5 rings (SSSR count). The molecule has 5 saturated carbocycles. The van der Waals surface area contributed by atoms with Crippen molar-refractivity contribution < 1.29 is 19.1 Å². The van der Waals surface area contributed by atoms with E-state index in [1.807, 2.05) is 20.8 Å². The highest BCUT2D eigenvalue weighted by molar-refractivity contribution is 5.83. The van der Waals surface area contributed by atoms with Crippen LogP contribution in [0.2, 0.25) is 0 Å². The van der Waals surface area contributed by atoms with E-state index >= 15 is 0 Å². The lowest BCUT2D eigenvalue weighted by atomic mass is 9.32. The Balaban J connectivity index is 1.40. The molecule has 4 nitrogen and oxygen atoms in total. The van der Waals surface area contributed by atoms with Crippen LogP contribution in [-0.4, -0.2) is 23.6 Å². The van der Waals surface area contributed by atoms with Gasteiger partial charge in [-0.05, 0) is 136 Å². The maximum absolute atomic E-state index is 13.4. The van der Waals surface area contributed by atoms with Gasteiger partial charge in [0.1, 0.15) is 17.7 Å². The molecule has 5 fully saturated rings. The van der Waals surface area contributed by atoms with Gasteiger partial charge in [0.2, 0.25) is 0 Å². The van der Waals surface area contributed by atoms with Gasteiger partial charge < -0.3 is 9.53 Å². The second kappa shape index (κ2) is 10.5. The summed E-state index contributed by atoms with van der Waals surface area (Å²) in [5.41, 5.74) is 1.35. The van der Waals surface area contributed by atoms with Crippen molar-refractivity contribution in [3.05, 3.63) is 12.2 Å². The van der Waals surface area contributed by atoms with Crippen LogP contribution in [0, 0.1) is 62.1 Å². The van der Waals surface area contributed by atoms with E-state index in [-0.39, 0.29) is 56.8 Å². The molecule has 43 heavy (non-hydrogen) atoms. The first kappa shape index (κ1) is 32.9. The number of rotatable bonds is 7. The van der Waals surface area contributed by atoms with Crippen LogP contribution in [0.5, 0.6) is 0 Å². The van der Waals surface area contributed by atoms with Crippen molar-refractivity contribution in [1.29, 1.82) is 0 Å². The van der Waals surface area contributed by atoms with Gasteiger partial charge in [-0.1, -0.05) is 60.6 Å². The van der Waals surface area contributed by atoms with Gasteiger partial charge in [0.25, 0.3) is 0 Å². The molecule has 0 saturated heterocycles. The Morgan fingerprint density at radius 1 is 0.767 bits per heavy atom. The summed E-state index contributed by atoms with van der Waals surface area (Å²) >= 11 is 0. The van der Waals surface area contributed by atoms with Crippen LogP contribution in [0.1, 0.15) is 146 Å². The Morgan fingerprint density at radius 2 is 1.44 bits per heavy atom. The fourth-order valence-electron chi connectivity index (χ4n) is 13.3. The number of hydrogen-bond acceptors (Lipinski definition) is 4. The van der Waals surface area contributed by atoms with E-state index in [1.54, 1.807) is 6.92 Å². The third-order valence-corrected chi connectivity index (χ3v) is 15.3. The number of hydrogen-bond donors (Lipinski definition) is 0. The van der Waals surface area contributed by atoms with Crippen LogP contribution in [0.3, 0.4) is 0 Å². The van der Waals surface area contributed by atoms with Crippen LogP contribution < -0.4 is 0 Å². The molecule has 5 aliphatic carbocycles. The summed E-state index contributed by atoms with van der Waals surface area (Å²) < 4.78 is 6.31. The van der Waals surface area contributed by atoms with Gasteiger partial charge >= 0.3 is 5.97 Å². The number of allylic oxidation sites excluding steroid dienone is 1. The quantitative estimate of drug-likeness (QED) is 0.217. The molecule has 0 spiro atoms. The molecule has 0 aromatic rings. The lowest BCUT2D eigenvalue weighted by Gasteiger charge is -2.73. The van der Waals surface area contributed by atoms with Gasteiger partial charge in [-0.3, -0.25) is 9.59 Å². The van der Waals surface area contributed by atoms with Gasteiger partial charge in [-0.2, -0.15) is 0 Å². The lowest BCUT2D eigenvalue weighted by molar-refractivity contribution is -0.249. The van der Waals surface area contributed by atoms with E-state index in [4.69, 9.17) is 4.74 Å². The van der Waals surface area contributed by atoms with E-state index < -0.39 is 0 Å². The van der Waals surface area contributed by atoms with Crippen molar-refractivity contribution in [3.8, 4) is 0 Å². The lowest BCUT2D eigenvalue weighted by Crippen LogP contribution is -2.67. The molecule has 0 aromatic carbocycles. The second-order valence-corrected chi connectivity index (χ2v) is 18.5. The van der Waals surface area contributed by atoms with E-state index in [1.165, 1.54) is 37.7 Å². The van der Waals surface area contributed by atoms with Gasteiger partial charge in [-0.15, -0.1) is 0 Å². The zero-order chi connectivity index (χ0) is 32.0. The predicted molar refractivity (Wildman–Crippen MR) is 173 cm³/mol. The van der Waals surface area contributed by atoms with Gasteiger partial charge in [0.15, 0.2) is 0 Å². The summed E-state index contributed by atoms with van der Waals surface area (Å²) in [6.07, 6.45) is 11.9. The van der Waals surface area contributed by atoms with Crippen LogP contribution in [-0.2, 0) is 19.1 Å².